The van der Waals surface area contributed by atoms with Crippen molar-refractivity contribution in [3.8, 4) is 0 Å². The number of nitro benzene ring substituents is 1. The fraction of sp³-hybridized carbons (Fsp3) is 0.176. The third-order valence-electron chi connectivity index (χ3n) is 3.39. The number of nitrogens with zero attached hydrogens (tertiary/aromatic N) is 1. The molecule has 0 bridgehead atoms. The number of anilines is 1. The largest absolute Gasteiger partial charge is 0.392 e. The van der Waals surface area contributed by atoms with Gasteiger partial charge in [-0.1, -0.05) is 23.7 Å². The summed E-state index contributed by atoms with van der Waals surface area (Å²) in [5.74, 6) is -1.07. The van der Waals surface area contributed by atoms with Gasteiger partial charge in [-0.3, -0.25) is 19.7 Å². The number of hydrogen-bond donors (Lipinski definition) is 3. The number of carbonyl (C=O) groups is 2. The van der Waals surface area contributed by atoms with E-state index in [1.54, 1.807) is 12.1 Å². The lowest BCUT2D eigenvalue weighted by molar-refractivity contribution is -0.384. The Kier molecular flexibility index (Phi) is 6.26. The molecule has 2 aromatic rings. The van der Waals surface area contributed by atoms with Crippen LogP contribution in [0.2, 0.25) is 5.02 Å². The highest BCUT2D eigenvalue weighted by atomic mass is 35.5. The second-order valence-corrected chi connectivity index (χ2v) is 5.89. The number of nitro groups is 1. The molecule has 2 rings (SSSR count). The predicted molar refractivity (Wildman–Crippen MR) is 96.5 cm³/mol. The Hall–Kier alpha value is -2.97. The Labute approximate surface area is 153 Å². The molecule has 0 saturated carbocycles. The molecule has 3 N–H and O–H groups in total. The fourth-order valence-electron chi connectivity index (χ4n) is 2.12. The molecule has 2 aromatic carbocycles. The number of benzene rings is 2. The van der Waals surface area contributed by atoms with Gasteiger partial charge in [0.05, 0.1) is 32.9 Å². The van der Waals surface area contributed by atoms with Crippen molar-refractivity contribution >= 4 is 34.8 Å². The third-order valence-corrected chi connectivity index (χ3v) is 3.70. The summed E-state index contributed by atoms with van der Waals surface area (Å²) in [5, 5.41) is 25.0. The summed E-state index contributed by atoms with van der Waals surface area (Å²) in [4.78, 5) is 34.7. The number of halogens is 1. The number of para-hydroxylation sites is 1. The van der Waals surface area contributed by atoms with Crippen LogP contribution in [-0.4, -0.2) is 34.5 Å². The zero-order valence-electron chi connectivity index (χ0n) is 13.7. The topological polar surface area (TPSA) is 122 Å². The van der Waals surface area contributed by atoms with E-state index in [1.807, 2.05) is 0 Å². The predicted octanol–water partition coefficient (Wildman–Crippen LogP) is 2.61. The molecule has 2 amide bonds. The maximum atomic E-state index is 12.4. The number of rotatable bonds is 6. The maximum Gasteiger partial charge on any atom is 0.270 e. The van der Waals surface area contributed by atoms with E-state index >= 15 is 0 Å². The molecular formula is C17H16ClN3O5. The smallest absolute Gasteiger partial charge is 0.270 e. The molecule has 0 aromatic heterocycles. The van der Waals surface area contributed by atoms with Gasteiger partial charge in [0.2, 0.25) is 0 Å². The zero-order chi connectivity index (χ0) is 19.3. The van der Waals surface area contributed by atoms with E-state index in [0.717, 1.165) is 6.07 Å². The number of aliphatic hydroxyl groups is 1. The van der Waals surface area contributed by atoms with Crippen LogP contribution in [0.15, 0.2) is 42.5 Å². The van der Waals surface area contributed by atoms with Crippen molar-refractivity contribution < 1.29 is 19.6 Å². The van der Waals surface area contributed by atoms with E-state index in [1.165, 1.54) is 31.2 Å². The molecule has 0 aliphatic heterocycles. The molecule has 1 unspecified atom stereocenters. The third kappa shape index (κ3) is 4.78. The minimum atomic E-state index is -0.709. The average Bonchev–Trinajstić information content (AvgIpc) is 2.59. The Bertz CT molecular complexity index is 854. The van der Waals surface area contributed by atoms with Crippen LogP contribution in [-0.2, 0) is 0 Å². The van der Waals surface area contributed by atoms with E-state index in [0.29, 0.717) is 0 Å². The van der Waals surface area contributed by atoms with Gasteiger partial charge in [0.1, 0.15) is 0 Å². The van der Waals surface area contributed by atoms with Gasteiger partial charge in [-0.2, -0.15) is 0 Å². The molecule has 0 aliphatic rings. The lowest BCUT2D eigenvalue weighted by Crippen LogP contribution is -2.31. The summed E-state index contributed by atoms with van der Waals surface area (Å²) in [6.45, 7) is 1.60. The summed E-state index contributed by atoms with van der Waals surface area (Å²) in [6, 6.07) is 9.81. The molecule has 0 saturated heterocycles. The van der Waals surface area contributed by atoms with E-state index in [4.69, 9.17) is 11.6 Å². The summed E-state index contributed by atoms with van der Waals surface area (Å²) >= 11 is 5.95. The quantitative estimate of drug-likeness (QED) is 0.527. The van der Waals surface area contributed by atoms with Gasteiger partial charge in [-0.05, 0) is 25.1 Å². The normalized spacial score (nSPS) is 11.5. The van der Waals surface area contributed by atoms with Crippen molar-refractivity contribution in [3.05, 3.63) is 68.7 Å². The molecule has 0 spiro atoms. The molecule has 9 heteroatoms. The number of nitrogens with one attached hydrogen (secondary N) is 2. The summed E-state index contributed by atoms with van der Waals surface area (Å²) < 4.78 is 0. The molecule has 8 nitrogen and oxygen atoms in total. The van der Waals surface area contributed by atoms with Crippen LogP contribution in [0, 0.1) is 10.1 Å². The first-order chi connectivity index (χ1) is 12.3. The maximum absolute atomic E-state index is 12.4. The first kappa shape index (κ1) is 19.4. The standard InChI is InChI=1S/C17H16ClN3O5/c1-10(22)9-19-16(23)13-4-2-3-5-15(13)20-17(24)12-7-6-11(21(25)26)8-14(12)18/h2-8,10,22H,9H2,1H3,(H,19,23)(H,20,24). The fourth-order valence-corrected chi connectivity index (χ4v) is 2.38. The van der Waals surface area contributed by atoms with Crippen LogP contribution in [0.4, 0.5) is 11.4 Å². The van der Waals surface area contributed by atoms with Crippen molar-refractivity contribution in [1.82, 2.24) is 5.32 Å². The molecule has 0 aliphatic carbocycles. The molecule has 1 atom stereocenters. The highest BCUT2D eigenvalue weighted by molar-refractivity contribution is 6.34. The highest BCUT2D eigenvalue weighted by Gasteiger charge is 2.18. The molecule has 136 valence electrons. The Morgan fingerprint density at radius 3 is 2.50 bits per heavy atom. The van der Waals surface area contributed by atoms with Crippen LogP contribution in [0.3, 0.4) is 0 Å². The molecular weight excluding hydrogens is 362 g/mol. The minimum absolute atomic E-state index is 0.0384. The van der Waals surface area contributed by atoms with E-state index in [9.17, 15) is 24.8 Å². The Balaban J connectivity index is 2.22. The number of amides is 2. The van der Waals surface area contributed by atoms with Gasteiger partial charge >= 0.3 is 0 Å². The monoisotopic (exact) mass is 377 g/mol. The average molecular weight is 378 g/mol. The number of carbonyl (C=O) groups excluding carboxylic acids is 2. The van der Waals surface area contributed by atoms with Crippen LogP contribution >= 0.6 is 11.6 Å². The lowest BCUT2D eigenvalue weighted by atomic mass is 10.1. The van der Waals surface area contributed by atoms with Gasteiger partial charge in [-0.25, -0.2) is 0 Å². The summed E-state index contributed by atoms with van der Waals surface area (Å²) in [6.07, 6.45) is -0.709. The van der Waals surface area contributed by atoms with Crippen LogP contribution in [0.5, 0.6) is 0 Å². The van der Waals surface area contributed by atoms with Crippen molar-refractivity contribution in [1.29, 1.82) is 0 Å². The molecule has 0 radical (unpaired) electrons. The highest BCUT2D eigenvalue weighted by Crippen LogP contribution is 2.24. The van der Waals surface area contributed by atoms with Gasteiger partial charge in [0, 0.05) is 18.7 Å². The number of hydrogen-bond acceptors (Lipinski definition) is 5. The van der Waals surface area contributed by atoms with Crippen molar-refractivity contribution in [2.75, 3.05) is 11.9 Å². The van der Waals surface area contributed by atoms with Gasteiger partial charge in [0.25, 0.3) is 17.5 Å². The molecule has 0 fully saturated rings. The van der Waals surface area contributed by atoms with E-state index < -0.39 is 22.8 Å². The summed E-state index contributed by atoms with van der Waals surface area (Å²) in [5.41, 5.74) is 0.260. The number of aliphatic hydroxyl groups excluding tert-OH is 1. The van der Waals surface area contributed by atoms with Crippen molar-refractivity contribution in [2.45, 2.75) is 13.0 Å². The Morgan fingerprint density at radius 2 is 1.88 bits per heavy atom. The van der Waals surface area contributed by atoms with E-state index in [-0.39, 0.29) is 34.1 Å². The molecule has 0 heterocycles. The van der Waals surface area contributed by atoms with Crippen molar-refractivity contribution in [3.63, 3.8) is 0 Å². The lowest BCUT2D eigenvalue weighted by Gasteiger charge is -2.12. The molecule has 26 heavy (non-hydrogen) atoms. The second kappa shape index (κ2) is 8.41. The first-order valence-electron chi connectivity index (χ1n) is 7.60. The van der Waals surface area contributed by atoms with Crippen LogP contribution in [0.25, 0.3) is 0 Å². The Morgan fingerprint density at radius 1 is 1.19 bits per heavy atom. The van der Waals surface area contributed by atoms with Gasteiger partial charge in [0.15, 0.2) is 0 Å². The van der Waals surface area contributed by atoms with Gasteiger partial charge in [-0.15, -0.1) is 0 Å². The van der Waals surface area contributed by atoms with Crippen LogP contribution in [0.1, 0.15) is 27.6 Å². The number of non-ortho nitro benzene ring substituents is 1. The SMILES string of the molecule is CC(O)CNC(=O)c1ccccc1NC(=O)c1ccc([N+](=O)[O-])cc1Cl. The summed E-state index contributed by atoms with van der Waals surface area (Å²) in [7, 11) is 0. The van der Waals surface area contributed by atoms with Crippen molar-refractivity contribution in [2.24, 2.45) is 0 Å². The minimum Gasteiger partial charge on any atom is -0.392 e. The first-order valence-corrected chi connectivity index (χ1v) is 7.98. The van der Waals surface area contributed by atoms with Gasteiger partial charge < -0.3 is 15.7 Å². The van der Waals surface area contributed by atoms with E-state index in [2.05, 4.69) is 10.6 Å². The second-order valence-electron chi connectivity index (χ2n) is 5.48. The zero-order valence-corrected chi connectivity index (χ0v) is 14.5. The van der Waals surface area contributed by atoms with Crippen LogP contribution < -0.4 is 10.6 Å².